The van der Waals surface area contributed by atoms with Crippen LogP contribution in [0.2, 0.25) is 0 Å². The van der Waals surface area contributed by atoms with Crippen LogP contribution in [0, 0.1) is 11.8 Å². The van der Waals surface area contributed by atoms with Gasteiger partial charge in [-0.3, -0.25) is 9.89 Å². The molecule has 1 aliphatic rings. The van der Waals surface area contributed by atoms with E-state index in [-0.39, 0.29) is 11.8 Å². The first kappa shape index (κ1) is 17.4. The van der Waals surface area contributed by atoms with E-state index < -0.39 is 11.9 Å². The molecule has 0 radical (unpaired) electrons. The van der Waals surface area contributed by atoms with Gasteiger partial charge >= 0.3 is 5.97 Å². The van der Waals surface area contributed by atoms with E-state index >= 15 is 0 Å². The van der Waals surface area contributed by atoms with Crippen LogP contribution >= 0.6 is 0 Å². The summed E-state index contributed by atoms with van der Waals surface area (Å²) in [6, 6.07) is 8.13. The lowest BCUT2D eigenvalue weighted by Gasteiger charge is -2.27. The summed E-state index contributed by atoms with van der Waals surface area (Å²) < 4.78 is 0. The summed E-state index contributed by atoms with van der Waals surface area (Å²) >= 11 is 0. The maximum absolute atomic E-state index is 12.1. The minimum Gasteiger partial charge on any atom is -0.481 e. The highest BCUT2D eigenvalue weighted by Gasteiger charge is 2.39. The number of aliphatic carboxylic acids is 1. The van der Waals surface area contributed by atoms with Crippen molar-refractivity contribution in [3.63, 3.8) is 0 Å². The van der Waals surface area contributed by atoms with E-state index in [1.807, 2.05) is 30.5 Å². The van der Waals surface area contributed by atoms with Gasteiger partial charge in [-0.1, -0.05) is 37.1 Å². The molecule has 2 aromatic heterocycles. The second kappa shape index (κ2) is 7.69. The average molecular weight is 366 g/mol. The van der Waals surface area contributed by atoms with Gasteiger partial charge in [-0.05, 0) is 46.7 Å². The summed E-state index contributed by atoms with van der Waals surface area (Å²) in [4.78, 5) is 12.1. The number of benzene rings is 1. The third-order valence-electron chi connectivity index (χ3n) is 5.58. The molecule has 0 saturated heterocycles. The molecule has 3 aromatic rings. The number of aromatic amines is 2. The van der Waals surface area contributed by atoms with Gasteiger partial charge in [0.1, 0.15) is 0 Å². The molecule has 1 saturated carbocycles. The van der Waals surface area contributed by atoms with Crippen LogP contribution < -0.4 is 0 Å². The van der Waals surface area contributed by atoms with Crippen LogP contribution in [-0.4, -0.2) is 41.9 Å². The Morgan fingerprint density at radius 2 is 1.96 bits per heavy atom. The fourth-order valence-corrected chi connectivity index (χ4v) is 4.23. The van der Waals surface area contributed by atoms with Gasteiger partial charge in [0.05, 0.1) is 12.1 Å². The van der Waals surface area contributed by atoms with Crippen LogP contribution in [0.5, 0.6) is 0 Å². The summed E-state index contributed by atoms with van der Waals surface area (Å²) in [5, 5.41) is 30.9. The predicted octanol–water partition coefficient (Wildman–Crippen LogP) is 2.81. The van der Waals surface area contributed by atoms with Crippen LogP contribution in [0.1, 0.15) is 43.0 Å². The van der Waals surface area contributed by atoms with Crippen molar-refractivity contribution in [2.45, 2.75) is 38.0 Å². The molecule has 0 bridgehead atoms. The van der Waals surface area contributed by atoms with Crippen LogP contribution in [0.4, 0.5) is 0 Å². The van der Waals surface area contributed by atoms with E-state index in [9.17, 15) is 9.90 Å². The van der Waals surface area contributed by atoms with Crippen molar-refractivity contribution < 1.29 is 9.90 Å². The van der Waals surface area contributed by atoms with Crippen molar-refractivity contribution in [3.05, 3.63) is 48.0 Å². The van der Waals surface area contributed by atoms with Gasteiger partial charge in [0.25, 0.3) is 0 Å². The van der Waals surface area contributed by atoms with E-state index in [1.165, 1.54) is 0 Å². The molecule has 0 spiro atoms. The molecule has 0 unspecified atom stereocenters. The predicted molar refractivity (Wildman–Crippen MR) is 97.7 cm³/mol. The van der Waals surface area contributed by atoms with E-state index in [0.29, 0.717) is 12.2 Å². The smallest absolute Gasteiger partial charge is 0.307 e. The molecule has 8 heteroatoms. The number of carbonyl (C=O) groups is 1. The van der Waals surface area contributed by atoms with E-state index in [1.54, 1.807) is 6.20 Å². The molecule has 4 rings (SSSR count). The number of tetrazole rings is 1. The molecular formula is C19H22N6O2. The largest absolute Gasteiger partial charge is 0.481 e. The summed E-state index contributed by atoms with van der Waals surface area (Å²) in [6.07, 6.45) is 8.29. The summed E-state index contributed by atoms with van der Waals surface area (Å²) in [5.74, 6) is -0.814. The van der Waals surface area contributed by atoms with E-state index in [0.717, 1.165) is 42.4 Å². The summed E-state index contributed by atoms with van der Waals surface area (Å²) in [5.41, 5.74) is 3.15. The summed E-state index contributed by atoms with van der Waals surface area (Å²) in [6.45, 7) is 0. The minimum absolute atomic E-state index is 0.169. The van der Waals surface area contributed by atoms with Gasteiger partial charge in [-0.2, -0.15) is 5.10 Å². The number of aromatic nitrogens is 6. The molecule has 27 heavy (non-hydrogen) atoms. The fourth-order valence-electron chi connectivity index (χ4n) is 4.23. The molecule has 1 fully saturated rings. The molecule has 2 atom stereocenters. The van der Waals surface area contributed by atoms with Crippen molar-refractivity contribution in [1.29, 1.82) is 0 Å². The number of carboxylic acids is 1. The molecule has 0 amide bonds. The third-order valence-corrected chi connectivity index (χ3v) is 5.58. The van der Waals surface area contributed by atoms with Crippen LogP contribution in [0.15, 0.2) is 36.7 Å². The SMILES string of the molecule is O=C(O)[C@@H](C1CCCC1)[C@H](Cc1ccc(-c2cn[nH]c2)cc1)c1nnn[nH]1. The van der Waals surface area contributed by atoms with E-state index in [2.05, 4.69) is 30.8 Å². The van der Waals surface area contributed by atoms with Crippen molar-refractivity contribution in [2.75, 3.05) is 0 Å². The van der Waals surface area contributed by atoms with Crippen molar-refractivity contribution in [3.8, 4) is 11.1 Å². The summed E-state index contributed by atoms with van der Waals surface area (Å²) in [7, 11) is 0. The zero-order valence-corrected chi connectivity index (χ0v) is 14.9. The number of hydrogen-bond acceptors (Lipinski definition) is 5. The van der Waals surface area contributed by atoms with Crippen LogP contribution in [0.25, 0.3) is 11.1 Å². The topological polar surface area (TPSA) is 120 Å². The normalized spacial score (nSPS) is 17.0. The Balaban J connectivity index is 1.60. The zero-order valence-electron chi connectivity index (χ0n) is 14.9. The van der Waals surface area contributed by atoms with Gasteiger partial charge in [0.15, 0.2) is 5.82 Å². The average Bonchev–Trinajstić information content (AvgIpc) is 3.43. The van der Waals surface area contributed by atoms with Gasteiger partial charge in [-0.15, -0.1) is 5.10 Å². The first-order chi connectivity index (χ1) is 13.2. The Hall–Kier alpha value is -3.03. The lowest BCUT2D eigenvalue weighted by molar-refractivity contribution is -0.144. The number of rotatable bonds is 7. The molecule has 1 aliphatic carbocycles. The molecule has 8 nitrogen and oxygen atoms in total. The van der Waals surface area contributed by atoms with Crippen LogP contribution in [0.3, 0.4) is 0 Å². The maximum Gasteiger partial charge on any atom is 0.307 e. The van der Waals surface area contributed by atoms with Crippen molar-refractivity contribution >= 4 is 5.97 Å². The lowest BCUT2D eigenvalue weighted by atomic mass is 9.77. The number of hydrogen-bond donors (Lipinski definition) is 3. The van der Waals surface area contributed by atoms with Gasteiger partial charge in [-0.25, -0.2) is 5.10 Å². The number of H-pyrrole nitrogens is 2. The van der Waals surface area contributed by atoms with Gasteiger partial charge < -0.3 is 5.11 Å². The Morgan fingerprint density at radius 1 is 1.19 bits per heavy atom. The standard InChI is InChI=1S/C19H22N6O2/c26-19(27)17(14-3-1-2-4-14)16(18-22-24-25-23-18)9-12-5-7-13(8-6-12)15-10-20-21-11-15/h5-8,10-11,14,16-17H,1-4,9H2,(H,20,21)(H,26,27)(H,22,23,24,25)/t16-,17-/m0/s1. The lowest BCUT2D eigenvalue weighted by Crippen LogP contribution is -2.30. The van der Waals surface area contributed by atoms with Gasteiger partial charge in [0.2, 0.25) is 0 Å². The number of nitrogens with one attached hydrogen (secondary N) is 2. The molecular weight excluding hydrogens is 344 g/mol. The second-order valence-electron chi connectivity index (χ2n) is 7.19. The number of nitrogens with zero attached hydrogens (tertiary/aromatic N) is 4. The Kier molecular flexibility index (Phi) is 4.95. The Morgan fingerprint density at radius 3 is 2.56 bits per heavy atom. The Labute approximate surface area is 156 Å². The fraction of sp³-hybridized carbons (Fsp3) is 0.421. The van der Waals surface area contributed by atoms with Crippen molar-refractivity contribution in [2.24, 2.45) is 11.8 Å². The minimum atomic E-state index is -0.765. The van der Waals surface area contributed by atoms with Crippen molar-refractivity contribution in [1.82, 2.24) is 30.8 Å². The highest BCUT2D eigenvalue weighted by molar-refractivity contribution is 5.72. The molecule has 140 valence electrons. The van der Waals surface area contributed by atoms with E-state index in [4.69, 9.17) is 0 Å². The highest BCUT2D eigenvalue weighted by atomic mass is 16.4. The molecule has 1 aromatic carbocycles. The quantitative estimate of drug-likeness (QED) is 0.591. The molecule has 0 aliphatic heterocycles. The second-order valence-corrected chi connectivity index (χ2v) is 7.19. The third kappa shape index (κ3) is 3.74. The van der Waals surface area contributed by atoms with Crippen LogP contribution in [-0.2, 0) is 11.2 Å². The molecule has 2 heterocycles. The monoisotopic (exact) mass is 366 g/mol. The highest BCUT2D eigenvalue weighted by Crippen LogP contribution is 2.40. The number of carboxylic acid groups (broad SMARTS) is 1. The first-order valence-electron chi connectivity index (χ1n) is 9.27. The molecule has 3 N–H and O–H groups in total. The van der Waals surface area contributed by atoms with Gasteiger partial charge in [0, 0.05) is 17.7 Å². The Bertz CT molecular complexity index is 854. The first-order valence-corrected chi connectivity index (χ1v) is 9.27. The zero-order chi connectivity index (χ0) is 18.6. The maximum atomic E-state index is 12.1.